The largest absolute Gasteiger partial charge is 0.480 e. The van der Waals surface area contributed by atoms with Gasteiger partial charge in [-0.1, -0.05) is 0 Å². The summed E-state index contributed by atoms with van der Waals surface area (Å²) in [5, 5.41) is 0. The Hall–Kier alpha value is -1.32. The molecule has 0 spiro atoms. The first-order chi connectivity index (χ1) is 7.36. The van der Waals surface area contributed by atoms with Gasteiger partial charge in [-0.25, -0.2) is 0 Å². The highest BCUT2D eigenvalue weighted by Crippen LogP contribution is 2.39. The molecule has 2 fully saturated rings. The van der Waals surface area contributed by atoms with Gasteiger partial charge < -0.3 is 9.64 Å². The smallest absolute Gasteiger partial charge is 0.233 e. The molecule has 3 rings (SSSR count). The normalized spacial score (nSPS) is 28.5. The molecule has 0 radical (unpaired) electrons. The van der Waals surface area contributed by atoms with Crippen LogP contribution in [0, 0.1) is 5.92 Å². The van der Waals surface area contributed by atoms with Crippen LogP contribution in [-0.4, -0.2) is 29.7 Å². The highest BCUT2D eigenvalue weighted by atomic mass is 16.5. The average molecular weight is 205 g/mol. The van der Waals surface area contributed by atoms with E-state index in [2.05, 4.69) is 14.9 Å². The Labute approximate surface area is 89.3 Å². The minimum Gasteiger partial charge on any atom is -0.480 e. The molecule has 2 aliphatic rings. The zero-order valence-corrected chi connectivity index (χ0v) is 8.89. The van der Waals surface area contributed by atoms with Crippen molar-refractivity contribution < 1.29 is 4.74 Å². The van der Waals surface area contributed by atoms with E-state index in [0.717, 1.165) is 18.3 Å². The number of nitrogens with zero attached hydrogens (tertiary/aromatic N) is 3. The Balaban J connectivity index is 1.86. The zero-order chi connectivity index (χ0) is 10.3. The van der Waals surface area contributed by atoms with E-state index in [9.17, 15) is 0 Å². The fourth-order valence-electron chi connectivity index (χ4n) is 2.78. The van der Waals surface area contributed by atoms with Gasteiger partial charge in [-0.05, 0) is 25.2 Å². The van der Waals surface area contributed by atoms with Gasteiger partial charge in [0.25, 0.3) is 0 Å². The van der Waals surface area contributed by atoms with Crippen molar-refractivity contribution in [3.05, 3.63) is 12.4 Å². The monoisotopic (exact) mass is 205 g/mol. The van der Waals surface area contributed by atoms with E-state index in [0.29, 0.717) is 11.9 Å². The number of anilines is 1. The molecule has 0 unspecified atom stereocenters. The minimum atomic E-state index is 0.607. The van der Waals surface area contributed by atoms with Crippen molar-refractivity contribution in [1.82, 2.24) is 9.97 Å². The Morgan fingerprint density at radius 2 is 2.33 bits per heavy atom. The van der Waals surface area contributed by atoms with Gasteiger partial charge in [0.15, 0.2) is 5.82 Å². The lowest BCUT2D eigenvalue weighted by Gasteiger charge is -2.27. The highest BCUT2D eigenvalue weighted by Gasteiger charge is 2.38. The van der Waals surface area contributed by atoms with E-state index in [1.807, 2.05) is 6.20 Å². The molecule has 0 amide bonds. The molecule has 2 bridgehead atoms. The fourth-order valence-corrected chi connectivity index (χ4v) is 2.78. The first-order valence-corrected chi connectivity index (χ1v) is 5.49. The predicted octanol–water partition coefficient (Wildman–Crippen LogP) is 1.47. The van der Waals surface area contributed by atoms with E-state index in [1.54, 1.807) is 13.3 Å². The molecule has 1 saturated carbocycles. The molecule has 1 aliphatic carbocycles. The van der Waals surface area contributed by atoms with Crippen LogP contribution in [0.1, 0.15) is 19.3 Å². The average Bonchev–Trinajstić information content (AvgIpc) is 2.91. The van der Waals surface area contributed by atoms with Crippen LogP contribution in [0.4, 0.5) is 5.82 Å². The van der Waals surface area contributed by atoms with Gasteiger partial charge in [0, 0.05) is 12.6 Å². The molecule has 4 heteroatoms. The van der Waals surface area contributed by atoms with Crippen LogP contribution in [-0.2, 0) is 0 Å². The number of piperidine rings is 1. The summed E-state index contributed by atoms with van der Waals surface area (Å²) in [5.41, 5.74) is 0. The minimum absolute atomic E-state index is 0.607. The molecule has 1 aromatic rings. The summed E-state index contributed by atoms with van der Waals surface area (Å²) in [6, 6.07) is 0.691. The lowest BCUT2D eigenvalue weighted by Crippen LogP contribution is -2.32. The van der Waals surface area contributed by atoms with Gasteiger partial charge in [-0.3, -0.25) is 4.98 Å². The molecule has 0 N–H and O–H groups in total. The maximum Gasteiger partial charge on any atom is 0.233 e. The van der Waals surface area contributed by atoms with E-state index in [4.69, 9.17) is 4.74 Å². The van der Waals surface area contributed by atoms with E-state index >= 15 is 0 Å². The lowest BCUT2D eigenvalue weighted by molar-refractivity contribution is 0.395. The summed E-state index contributed by atoms with van der Waals surface area (Å²) in [4.78, 5) is 11.0. The number of rotatable bonds is 2. The molecule has 4 nitrogen and oxygen atoms in total. The second-order valence-corrected chi connectivity index (χ2v) is 4.40. The van der Waals surface area contributed by atoms with Crippen LogP contribution >= 0.6 is 0 Å². The van der Waals surface area contributed by atoms with Gasteiger partial charge >= 0.3 is 0 Å². The maximum absolute atomic E-state index is 5.09. The van der Waals surface area contributed by atoms with Crippen molar-refractivity contribution in [2.75, 3.05) is 18.6 Å². The van der Waals surface area contributed by atoms with Gasteiger partial charge in [0.05, 0.1) is 19.5 Å². The number of hydrogen-bond donors (Lipinski definition) is 0. The molecular weight excluding hydrogens is 190 g/mol. The van der Waals surface area contributed by atoms with Gasteiger partial charge in [0.1, 0.15) is 0 Å². The Morgan fingerprint density at radius 3 is 3.00 bits per heavy atom. The van der Waals surface area contributed by atoms with Crippen LogP contribution in [0.2, 0.25) is 0 Å². The number of methoxy groups -OCH3 is 1. The standard InChI is InChI=1S/C11H15N3O/c1-15-11-6-12-5-10(13-11)14-7-8-2-3-9(14)4-8/h5-6,8-9H,2-4,7H2,1H3/t8-,9-/m0/s1. The zero-order valence-electron chi connectivity index (χ0n) is 8.89. The summed E-state index contributed by atoms with van der Waals surface area (Å²) >= 11 is 0. The van der Waals surface area contributed by atoms with E-state index in [1.165, 1.54) is 19.3 Å². The molecule has 2 heterocycles. The van der Waals surface area contributed by atoms with Crippen molar-refractivity contribution >= 4 is 5.82 Å². The first-order valence-electron chi connectivity index (χ1n) is 5.49. The van der Waals surface area contributed by atoms with Crippen molar-refractivity contribution in [3.8, 4) is 5.88 Å². The van der Waals surface area contributed by atoms with Crippen LogP contribution in [0.5, 0.6) is 5.88 Å². The molecule has 80 valence electrons. The molecule has 1 aromatic heterocycles. The third kappa shape index (κ3) is 1.44. The summed E-state index contributed by atoms with van der Waals surface area (Å²) in [7, 11) is 1.63. The number of ether oxygens (including phenoxy) is 1. The van der Waals surface area contributed by atoms with Gasteiger partial charge in [-0.15, -0.1) is 0 Å². The molecular formula is C11H15N3O. The summed E-state index contributed by atoms with van der Waals surface area (Å²) < 4.78 is 5.09. The van der Waals surface area contributed by atoms with E-state index < -0.39 is 0 Å². The second kappa shape index (κ2) is 3.36. The Kier molecular flexibility index (Phi) is 2.01. The molecule has 0 aromatic carbocycles. The summed E-state index contributed by atoms with van der Waals surface area (Å²) in [6.45, 7) is 1.15. The Bertz CT molecular complexity index is 369. The SMILES string of the molecule is COc1cncc(N2C[C@H]3CC[C@H]2C3)n1. The van der Waals surface area contributed by atoms with Crippen LogP contribution in [0.15, 0.2) is 12.4 Å². The molecule has 2 atom stereocenters. The van der Waals surface area contributed by atoms with Crippen molar-refractivity contribution in [2.24, 2.45) is 5.92 Å². The van der Waals surface area contributed by atoms with Gasteiger partial charge in [0.2, 0.25) is 5.88 Å². The third-order valence-corrected chi connectivity index (χ3v) is 3.51. The number of fused-ring (bicyclic) bond motifs is 2. The number of hydrogen-bond acceptors (Lipinski definition) is 4. The van der Waals surface area contributed by atoms with Crippen molar-refractivity contribution in [3.63, 3.8) is 0 Å². The fraction of sp³-hybridized carbons (Fsp3) is 0.636. The molecule has 1 saturated heterocycles. The van der Waals surface area contributed by atoms with Crippen LogP contribution in [0.3, 0.4) is 0 Å². The van der Waals surface area contributed by atoms with Crippen molar-refractivity contribution in [2.45, 2.75) is 25.3 Å². The third-order valence-electron chi connectivity index (χ3n) is 3.51. The van der Waals surface area contributed by atoms with Crippen molar-refractivity contribution in [1.29, 1.82) is 0 Å². The molecule has 15 heavy (non-hydrogen) atoms. The van der Waals surface area contributed by atoms with Crippen LogP contribution < -0.4 is 9.64 Å². The summed E-state index contributed by atoms with van der Waals surface area (Å²) in [5.74, 6) is 2.46. The van der Waals surface area contributed by atoms with Gasteiger partial charge in [-0.2, -0.15) is 4.98 Å². The Morgan fingerprint density at radius 1 is 1.40 bits per heavy atom. The number of aromatic nitrogens is 2. The topological polar surface area (TPSA) is 38.2 Å². The lowest BCUT2D eigenvalue weighted by atomic mass is 10.1. The maximum atomic E-state index is 5.09. The summed E-state index contributed by atoms with van der Waals surface area (Å²) in [6.07, 6.45) is 7.52. The first kappa shape index (κ1) is 8.95. The highest BCUT2D eigenvalue weighted by molar-refractivity contribution is 5.41. The predicted molar refractivity (Wildman–Crippen MR) is 57.1 cm³/mol. The quantitative estimate of drug-likeness (QED) is 0.733. The molecule has 1 aliphatic heterocycles. The second-order valence-electron chi connectivity index (χ2n) is 4.40. The van der Waals surface area contributed by atoms with Crippen LogP contribution in [0.25, 0.3) is 0 Å². The van der Waals surface area contributed by atoms with E-state index in [-0.39, 0.29) is 0 Å².